The SMILES string of the molecule is CC(C)(C)[Si](C)(C)Oc1ccc(C(=O)c2cc(O[Si](C)(C)C(C)(C)C)cc(O[Si](C)(C)C(C)(C)C)c2)cc1. The van der Waals surface area contributed by atoms with Gasteiger partial charge in [-0.2, -0.15) is 0 Å². The van der Waals surface area contributed by atoms with Crippen LogP contribution in [-0.2, 0) is 0 Å². The van der Waals surface area contributed by atoms with Crippen molar-refractivity contribution in [1.29, 1.82) is 0 Å². The van der Waals surface area contributed by atoms with Crippen molar-refractivity contribution < 1.29 is 18.1 Å². The minimum Gasteiger partial charge on any atom is -0.544 e. The Labute approximate surface area is 235 Å². The number of ketones is 1. The van der Waals surface area contributed by atoms with Gasteiger partial charge in [-0.1, -0.05) is 62.3 Å². The molecule has 0 aliphatic rings. The molecule has 2 aromatic rings. The van der Waals surface area contributed by atoms with E-state index in [1.165, 1.54) is 0 Å². The highest BCUT2D eigenvalue weighted by Gasteiger charge is 2.41. The molecule has 0 radical (unpaired) electrons. The van der Waals surface area contributed by atoms with Gasteiger partial charge >= 0.3 is 0 Å². The second-order valence-electron chi connectivity index (χ2n) is 15.1. The van der Waals surface area contributed by atoms with Crippen molar-refractivity contribution in [3.05, 3.63) is 53.6 Å². The van der Waals surface area contributed by atoms with Gasteiger partial charge in [-0.25, -0.2) is 0 Å². The zero-order valence-corrected chi connectivity index (χ0v) is 29.7. The Kier molecular flexibility index (Phi) is 9.05. The topological polar surface area (TPSA) is 44.8 Å². The number of hydrogen-bond donors (Lipinski definition) is 0. The Hall–Kier alpha value is -1.84. The van der Waals surface area contributed by atoms with Gasteiger partial charge in [-0.3, -0.25) is 4.79 Å². The minimum absolute atomic E-state index is 0.0352. The van der Waals surface area contributed by atoms with E-state index in [0.717, 1.165) is 5.75 Å². The van der Waals surface area contributed by atoms with E-state index in [-0.39, 0.29) is 20.9 Å². The molecule has 38 heavy (non-hydrogen) atoms. The van der Waals surface area contributed by atoms with E-state index in [9.17, 15) is 4.79 Å². The largest absolute Gasteiger partial charge is 0.544 e. The van der Waals surface area contributed by atoms with Gasteiger partial charge in [-0.05, 0) is 90.8 Å². The second kappa shape index (κ2) is 10.6. The van der Waals surface area contributed by atoms with Crippen molar-refractivity contribution >= 4 is 30.7 Å². The predicted molar refractivity (Wildman–Crippen MR) is 170 cm³/mol. The zero-order chi connectivity index (χ0) is 29.5. The Morgan fingerprint density at radius 1 is 0.500 bits per heavy atom. The summed E-state index contributed by atoms with van der Waals surface area (Å²) >= 11 is 0. The lowest BCUT2D eigenvalue weighted by molar-refractivity contribution is 0.103. The summed E-state index contributed by atoms with van der Waals surface area (Å²) in [6.07, 6.45) is 0. The fourth-order valence-electron chi connectivity index (χ4n) is 3.00. The van der Waals surface area contributed by atoms with Crippen molar-refractivity contribution in [2.45, 2.75) is 117 Å². The first-order valence-corrected chi connectivity index (χ1v) is 22.5. The van der Waals surface area contributed by atoms with Crippen molar-refractivity contribution in [3.63, 3.8) is 0 Å². The minimum atomic E-state index is -2.12. The highest BCUT2D eigenvalue weighted by molar-refractivity contribution is 6.75. The van der Waals surface area contributed by atoms with E-state index in [1.54, 1.807) is 0 Å². The van der Waals surface area contributed by atoms with Gasteiger partial charge in [-0.15, -0.1) is 0 Å². The molecular formula is C31H52O4Si3. The van der Waals surface area contributed by atoms with Gasteiger partial charge < -0.3 is 13.3 Å². The van der Waals surface area contributed by atoms with Crippen molar-refractivity contribution in [3.8, 4) is 17.2 Å². The van der Waals surface area contributed by atoms with Gasteiger partial charge in [0.15, 0.2) is 5.78 Å². The van der Waals surface area contributed by atoms with Crippen LogP contribution in [0.25, 0.3) is 0 Å². The molecule has 212 valence electrons. The van der Waals surface area contributed by atoms with Crippen molar-refractivity contribution in [2.75, 3.05) is 0 Å². The average Bonchev–Trinajstić information content (AvgIpc) is 2.70. The smallest absolute Gasteiger partial charge is 0.250 e. The second-order valence-corrected chi connectivity index (χ2v) is 29.3. The van der Waals surface area contributed by atoms with Gasteiger partial charge in [0.1, 0.15) is 17.2 Å². The normalized spacial score (nSPS) is 13.8. The van der Waals surface area contributed by atoms with Crippen LogP contribution in [0, 0.1) is 0 Å². The highest BCUT2D eigenvalue weighted by Crippen LogP contribution is 2.41. The quantitative estimate of drug-likeness (QED) is 0.233. The molecule has 0 N–H and O–H groups in total. The summed E-state index contributed by atoms with van der Waals surface area (Å²) in [5.74, 6) is 2.16. The number of hydrogen-bond acceptors (Lipinski definition) is 4. The summed E-state index contributed by atoms with van der Waals surface area (Å²) in [5, 5.41) is 0.174. The van der Waals surface area contributed by atoms with Crippen LogP contribution in [0.3, 0.4) is 0 Å². The lowest BCUT2D eigenvalue weighted by atomic mass is 10.0. The maximum absolute atomic E-state index is 13.7. The first kappa shape index (κ1) is 32.4. The van der Waals surface area contributed by atoms with Crippen molar-refractivity contribution in [2.24, 2.45) is 0 Å². The molecule has 0 spiro atoms. The molecule has 0 unspecified atom stereocenters. The molecular weight excluding hydrogens is 521 g/mol. The van der Waals surface area contributed by atoms with E-state index >= 15 is 0 Å². The molecule has 7 heteroatoms. The predicted octanol–water partition coefficient (Wildman–Crippen LogP) is 10.1. The molecule has 2 rings (SSSR count). The van der Waals surface area contributed by atoms with Crippen LogP contribution < -0.4 is 13.3 Å². The molecule has 0 heterocycles. The zero-order valence-electron chi connectivity index (χ0n) is 26.7. The molecule has 4 nitrogen and oxygen atoms in total. The molecule has 0 atom stereocenters. The maximum Gasteiger partial charge on any atom is 0.250 e. The molecule has 0 amide bonds. The fraction of sp³-hybridized carbons (Fsp3) is 0.581. The van der Waals surface area contributed by atoms with Crippen LogP contribution in [0.1, 0.15) is 78.2 Å². The number of carbonyl (C=O) groups excluding carboxylic acids is 1. The van der Waals surface area contributed by atoms with E-state index in [2.05, 4.69) is 102 Å². The summed E-state index contributed by atoms with van der Waals surface area (Å²) in [6.45, 7) is 33.3. The lowest BCUT2D eigenvalue weighted by Crippen LogP contribution is -2.44. The molecule has 0 aromatic heterocycles. The van der Waals surface area contributed by atoms with E-state index in [4.69, 9.17) is 13.3 Å². The fourth-order valence-corrected chi connectivity index (χ4v) is 6.06. The summed E-state index contributed by atoms with van der Waals surface area (Å²) in [4.78, 5) is 13.7. The van der Waals surface area contributed by atoms with Crippen LogP contribution in [0.2, 0.25) is 54.4 Å². The number of carbonyl (C=O) groups is 1. The van der Waals surface area contributed by atoms with E-state index in [1.807, 2.05) is 42.5 Å². The third-order valence-corrected chi connectivity index (χ3v) is 21.9. The first-order chi connectivity index (χ1) is 16.9. The molecule has 0 saturated carbocycles. The third-order valence-electron chi connectivity index (χ3n) is 8.80. The average molecular weight is 573 g/mol. The van der Waals surface area contributed by atoms with E-state index < -0.39 is 25.0 Å². The molecule has 0 aliphatic carbocycles. The Bertz CT molecular complexity index is 1080. The standard InChI is InChI=1S/C31H52O4Si3/c1-29(2,3)36(10,11)33-25-18-16-23(17-19-25)28(32)24-20-26(34-37(12,13)30(4,5)6)22-27(21-24)35-38(14,15)31(7,8)9/h16-22H,1-15H3. The third kappa shape index (κ3) is 7.63. The molecule has 2 aromatic carbocycles. The number of benzene rings is 2. The summed E-state index contributed by atoms with van der Waals surface area (Å²) < 4.78 is 19.7. The molecule has 0 aliphatic heterocycles. The van der Waals surface area contributed by atoms with Crippen LogP contribution >= 0.6 is 0 Å². The summed E-state index contributed by atoms with van der Waals surface area (Å²) in [5.41, 5.74) is 1.20. The number of rotatable bonds is 8. The van der Waals surface area contributed by atoms with Crippen molar-refractivity contribution in [1.82, 2.24) is 0 Å². The van der Waals surface area contributed by atoms with Crippen LogP contribution in [0.4, 0.5) is 0 Å². The monoisotopic (exact) mass is 572 g/mol. The highest BCUT2D eigenvalue weighted by atomic mass is 28.4. The Morgan fingerprint density at radius 3 is 1.13 bits per heavy atom. The van der Waals surface area contributed by atoms with E-state index in [0.29, 0.717) is 22.6 Å². The molecule has 0 fully saturated rings. The van der Waals surface area contributed by atoms with Gasteiger partial charge in [0.05, 0.1) is 0 Å². The lowest BCUT2D eigenvalue weighted by Gasteiger charge is -2.38. The van der Waals surface area contributed by atoms with Gasteiger partial charge in [0.25, 0.3) is 0 Å². The first-order valence-electron chi connectivity index (χ1n) is 13.7. The Balaban J connectivity index is 2.48. The summed E-state index contributed by atoms with van der Waals surface area (Å²) in [6, 6.07) is 13.3. The summed E-state index contributed by atoms with van der Waals surface area (Å²) in [7, 11) is -6.19. The van der Waals surface area contributed by atoms with Gasteiger partial charge in [0.2, 0.25) is 25.0 Å². The van der Waals surface area contributed by atoms with Crippen LogP contribution in [-0.4, -0.2) is 30.7 Å². The van der Waals surface area contributed by atoms with Crippen LogP contribution in [0.5, 0.6) is 17.2 Å². The maximum atomic E-state index is 13.7. The Morgan fingerprint density at radius 2 is 0.816 bits per heavy atom. The molecule has 0 bridgehead atoms. The van der Waals surface area contributed by atoms with Gasteiger partial charge in [0, 0.05) is 17.2 Å². The molecule has 0 saturated heterocycles. The van der Waals surface area contributed by atoms with Crippen LogP contribution in [0.15, 0.2) is 42.5 Å².